The minimum absolute atomic E-state index is 0.260. The number of halogens is 1. The number of hydrogen-bond acceptors (Lipinski definition) is 3. The summed E-state index contributed by atoms with van der Waals surface area (Å²) < 4.78 is 24.2. The molecule has 1 aromatic carbocycles. The first kappa shape index (κ1) is 14.1. The molecule has 96 valence electrons. The Bertz CT molecular complexity index is 351. The summed E-state index contributed by atoms with van der Waals surface area (Å²) in [4.78, 5) is 0. The van der Waals surface area contributed by atoms with Crippen LogP contribution in [-0.2, 0) is 9.47 Å². The van der Waals surface area contributed by atoms with E-state index in [4.69, 9.17) is 15.2 Å². The normalized spacial score (nSPS) is 13.1. The molecule has 1 rings (SSSR count). The summed E-state index contributed by atoms with van der Waals surface area (Å²) in [5, 5.41) is 0. The third-order valence-electron chi connectivity index (χ3n) is 2.54. The van der Waals surface area contributed by atoms with Crippen molar-refractivity contribution >= 4 is 0 Å². The maximum Gasteiger partial charge on any atom is 0.176 e. The lowest BCUT2D eigenvalue weighted by atomic mass is 10.0. The zero-order valence-electron chi connectivity index (χ0n) is 10.6. The van der Waals surface area contributed by atoms with E-state index in [0.29, 0.717) is 24.3 Å². The van der Waals surface area contributed by atoms with Crippen molar-refractivity contribution in [2.75, 3.05) is 13.2 Å². The average molecular weight is 241 g/mol. The highest BCUT2D eigenvalue weighted by atomic mass is 19.1. The Labute approximate surface area is 102 Å². The summed E-state index contributed by atoms with van der Waals surface area (Å²) in [7, 11) is 0. The van der Waals surface area contributed by atoms with Crippen LogP contribution in [0.15, 0.2) is 18.2 Å². The maximum absolute atomic E-state index is 13.4. The smallest absolute Gasteiger partial charge is 0.176 e. The van der Waals surface area contributed by atoms with Crippen LogP contribution in [0.25, 0.3) is 0 Å². The van der Waals surface area contributed by atoms with Crippen molar-refractivity contribution in [3.05, 3.63) is 35.1 Å². The van der Waals surface area contributed by atoms with Crippen LogP contribution in [0.1, 0.15) is 31.0 Å². The van der Waals surface area contributed by atoms with E-state index in [2.05, 4.69) is 0 Å². The van der Waals surface area contributed by atoms with Crippen molar-refractivity contribution in [1.29, 1.82) is 0 Å². The van der Waals surface area contributed by atoms with Gasteiger partial charge in [-0.1, -0.05) is 12.1 Å². The highest BCUT2D eigenvalue weighted by molar-refractivity contribution is 5.26. The highest BCUT2D eigenvalue weighted by Crippen LogP contribution is 2.20. The van der Waals surface area contributed by atoms with Crippen LogP contribution in [0, 0.1) is 12.7 Å². The van der Waals surface area contributed by atoms with Gasteiger partial charge in [0.25, 0.3) is 0 Å². The van der Waals surface area contributed by atoms with Crippen LogP contribution >= 0.6 is 0 Å². The second-order valence-corrected chi connectivity index (χ2v) is 3.81. The van der Waals surface area contributed by atoms with Gasteiger partial charge in [-0.25, -0.2) is 4.39 Å². The molecule has 0 fully saturated rings. The number of nitrogens with two attached hydrogens (primary N) is 1. The third kappa shape index (κ3) is 3.77. The zero-order valence-corrected chi connectivity index (χ0v) is 10.6. The summed E-state index contributed by atoms with van der Waals surface area (Å²) in [6.45, 7) is 6.47. The van der Waals surface area contributed by atoms with Gasteiger partial charge in [0.05, 0.1) is 6.04 Å². The van der Waals surface area contributed by atoms with Gasteiger partial charge in [-0.2, -0.15) is 0 Å². The van der Waals surface area contributed by atoms with E-state index in [1.54, 1.807) is 19.1 Å². The van der Waals surface area contributed by atoms with Gasteiger partial charge in [0.15, 0.2) is 6.29 Å². The monoisotopic (exact) mass is 241 g/mol. The molecule has 0 aliphatic carbocycles. The molecule has 17 heavy (non-hydrogen) atoms. The lowest BCUT2D eigenvalue weighted by molar-refractivity contribution is -0.149. The number of aryl methyl sites for hydroxylation is 1. The van der Waals surface area contributed by atoms with E-state index in [0.717, 1.165) is 0 Å². The molecule has 0 radical (unpaired) electrons. The summed E-state index contributed by atoms with van der Waals surface area (Å²) in [6.07, 6.45) is -0.535. The molecule has 0 spiro atoms. The van der Waals surface area contributed by atoms with Gasteiger partial charge in [0.2, 0.25) is 0 Å². The molecular formula is C13H20FNO2. The summed E-state index contributed by atoms with van der Waals surface area (Å²) in [5.74, 6) is -0.260. The maximum atomic E-state index is 13.4. The SMILES string of the molecule is CCOC(OCC)C(N)c1ccc(C)c(F)c1. The van der Waals surface area contributed by atoms with E-state index < -0.39 is 12.3 Å². The average Bonchev–Trinajstić information content (AvgIpc) is 2.31. The molecule has 0 saturated heterocycles. The van der Waals surface area contributed by atoms with Gasteiger partial charge in [0, 0.05) is 13.2 Å². The Hall–Kier alpha value is -0.970. The molecule has 0 aliphatic heterocycles. The van der Waals surface area contributed by atoms with Crippen LogP contribution in [0.4, 0.5) is 4.39 Å². The quantitative estimate of drug-likeness (QED) is 0.778. The van der Waals surface area contributed by atoms with E-state index in [-0.39, 0.29) is 5.82 Å². The van der Waals surface area contributed by atoms with Crippen LogP contribution < -0.4 is 5.73 Å². The van der Waals surface area contributed by atoms with Crippen molar-refractivity contribution in [2.45, 2.75) is 33.1 Å². The van der Waals surface area contributed by atoms with Crippen LogP contribution in [-0.4, -0.2) is 19.5 Å². The van der Waals surface area contributed by atoms with Crippen molar-refractivity contribution in [2.24, 2.45) is 5.73 Å². The molecule has 0 heterocycles. The number of rotatable bonds is 6. The molecule has 0 saturated carbocycles. The summed E-state index contributed by atoms with van der Waals surface area (Å²) in [6, 6.07) is 4.46. The Morgan fingerprint density at radius 3 is 2.29 bits per heavy atom. The Kier molecular flexibility index (Phi) is 5.55. The van der Waals surface area contributed by atoms with Crippen molar-refractivity contribution in [3.8, 4) is 0 Å². The molecule has 1 aromatic rings. The predicted molar refractivity (Wildman–Crippen MR) is 65.1 cm³/mol. The Morgan fingerprint density at radius 2 is 1.82 bits per heavy atom. The highest BCUT2D eigenvalue weighted by Gasteiger charge is 2.20. The van der Waals surface area contributed by atoms with Gasteiger partial charge >= 0.3 is 0 Å². The zero-order chi connectivity index (χ0) is 12.8. The molecule has 0 amide bonds. The summed E-state index contributed by atoms with van der Waals surface area (Å²) >= 11 is 0. The minimum atomic E-state index is -0.535. The molecule has 3 nitrogen and oxygen atoms in total. The first-order valence-corrected chi connectivity index (χ1v) is 5.85. The second-order valence-electron chi connectivity index (χ2n) is 3.81. The predicted octanol–water partition coefficient (Wildman–Crippen LogP) is 2.53. The molecule has 4 heteroatoms. The van der Waals surface area contributed by atoms with Gasteiger partial charge < -0.3 is 15.2 Å². The summed E-state index contributed by atoms with van der Waals surface area (Å²) in [5.41, 5.74) is 7.30. The van der Waals surface area contributed by atoms with Crippen LogP contribution in [0.3, 0.4) is 0 Å². The van der Waals surface area contributed by atoms with E-state index >= 15 is 0 Å². The van der Waals surface area contributed by atoms with Gasteiger partial charge in [-0.3, -0.25) is 0 Å². The minimum Gasteiger partial charge on any atom is -0.351 e. The van der Waals surface area contributed by atoms with Crippen molar-refractivity contribution < 1.29 is 13.9 Å². The Morgan fingerprint density at radius 1 is 1.24 bits per heavy atom. The first-order valence-electron chi connectivity index (χ1n) is 5.85. The molecule has 1 atom stereocenters. The van der Waals surface area contributed by atoms with E-state index in [9.17, 15) is 4.39 Å². The van der Waals surface area contributed by atoms with Crippen LogP contribution in [0.5, 0.6) is 0 Å². The van der Waals surface area contributed by atoms with E-state index in [1.165, 1.54) is 6.07 Å². The lowest BCUT2D eigenvalue weighted by Gasteiger charge is -2.24. The van der Waals surface area contributed by atoms with Crippen LogP contribution in [0.2, 0.25) is 0 Å². The van der Waals surface area contributed by atoms with Gasteiger partial charge in [-0.05, 0) is 38.0 Å². The molecule has 2 N–H and O–H groups in total. The van der Waals surface area contributed by atoms with Gasteiger partial charge in [0.1, 0.15) is 5.82 Å². The molecule has 0 aliphatic rings. The first-order chi connectivity index (χ1) is 8.10. The molecule has 0 bridgehead atoms. The molecule has 1 unspecified atom stereocenters. The fourth-order valence-corrected chi connectivity index (χ4v) is 1.56. The third-order valence-corrected chi connectivity index (χ3v) is 2.54. The lowest BCUT2D eigenvalue weighted by Crippen LogP contribution is -2.31. The van der Waals surface area contributed by atoms with Gasteiger partial charge in [-0.15, -0.1) is 0 Å². The topological polar surface area (TPSA) is 44.5 Å². The fourth-order valence-electron chi connectivity index (χ4n) is 1.56. The van der Waals surface area contributed by atoms with E-state index in [1.807, 2.05) is 13.8 Å². The standard InChI is InChI=1S/C13H20FNO2/c1-4-16-13(17-5-2)12(15)10-7-6-9(3)11(14)8-10/h6-8,12-13H,4-5,15H2,1-3H3. The molecular weight excluding hydrogens is 221 g/mol. The molecule has 0 aromatic heterocycles. The fraction of sp³-hybridized carbons (Fsp3) is 0.538. The van der Waals surface area contributed by atoms with Crippen molar-refractivity contribution in [3.63, 3.8) is 0 Å². The van der Waals surface area contributed by atoms with Crippen molar-refractivity contribution in [1.82, 2.24) is 0 Å². The largest absolute Gasteiger partial charge is 0.351 e. The number of hydrogen-bond donors (Lipinski definition) is 1. The Balaban J connectivity index is 2.84. The number of ether oxygens (including phenoxy) is 2. The number of benzene rings is 1. The second kappa shape index (κ2) is 6.69.